The molecule has 1 N–H and O–H groups in total. The molecule has 0 saturated carbocycles. The molecule has 2 heterocycles. The first-order chi connectivity index (χ1) is 12.4. The lowest BCUT2D eigenvalue weighted by molar-refractivity contribution is 0.102. The fourth-order valence-corrected chi connectivity index (χ4v) is 4.59. The maximum Gasteiger partial charge on any atom is 0.275 e. The zero-order valence-electron chi connectivity index (χ0n) is 13.8. The van der Waals surface area contributed by atoms with Gasteiger partial charge in [-0.3, -0.25) is 4.79 Å². The number of sulfonamides is 1. The zero-order valence-corrected chi connectivity index (χ0v) is 16.1. The molecule has 9 heteroatoms. The number of benzene rings is 1. The Labute approximate surface area is 162 Å². The van der Waals surface area contributed by atoms with Crippen molar-refractivity contribution in [2.24, 2.45) is 0 Å². The Balaban J connectivity index is 1.75. The van der Waals surface area contributed by atoms with Crippen LogP contribution in [0.5, 0.6) is 0 Å². The van der Waals surface area contributed by atoms with Gasteiger partial charge in [0.05, 0.1) is 9.92 Å². The van der Waals surface area contributed by atoms with Crippen LogP contribution in [0.1, 0.15) is 29.8 Å². The molecule has 1 aromatic carbocycles. The van der Waals surface area contributed by atoms with Crippen molar-refractivity contribution in [3.05, 3.63) is 52.3 Å². The van der Waals surface area contributed by atoms with Gasteiger partial charge in [0.25, 0.3) is 5.91 Å². The van der Waals surface area contributed by atoms with E-state index in [9.17, 15) is 13.2 Å². The first kappa shape index (κ1) is 19.1. The number of amides is 1. The van der Waals surface area contributed by atoms with E-state index >= 15 is 0 Å². The number of nitrogens with one attached hydrogen (secondary N) is 1. The summed E-state index contributed by atoms with van der Waals surface area (Å²) in [6, 6.07) is 9.00. The molecule has 0 radical (unpaired) electrons. The molecular formula is C17H17Cl2N3O3S. The summed E-state index contributed by atoms with van der Waals surface area (Å²) < 4.78 is 26.7. The molecule has 0 spiro atoms. The minimum absolute atomic E-state index is 0.00387. The summed E-state index contributed by atoms with van der Waals surface area (Å²) in [5.41, 5.74) is 0.439. The van der Waals surface area contributed by atoms with Crippen LogP contribution in [0, 0.1) is 0 Å². The number of hydrogen-bond acceptors (Lipinski definition) is 4. The van der Waals surface area contributed by atoms with Crippen molar-refractivity contribution in [1.29, 1.82) is 0 Å². The molecule has 1 fully saturated rings. The van der Waals surface area contributed by atoms with Crippen LogP contribution >= 0.6 is 23.2 Å². The van der Waals surface area contributed by atoms with Gasteiger partial charge < -0.3 is 5.32 Å². The Morgan fingerprint density at radius 3 is 2.31 bits per heavy atom. The summed E-state index contributed by atoms with van der Waals surface area (Å²) in [6.45, 7) is 1.08. The van der Waals surface area contributed by atoms with E-state index < -0.39 is 15.9 Å². The van der Waals surface area contributed by atoms with Gasteiger partial charge in [0, 0.05) is 18.8 Å². The number of carbonyl (C=O) groups excluding carboxylic acids is 1. The number of halogens is 2. The third-order valence-electron chi connectivity index (χ3n) is 4.09. The summed E-state index contributed by atoms with van der Waals surface area (Å²) in [7, 11) is -3.50. The zero-order chi connectivity index (χ0) is 18.7. The largest absolute Gasteiger partial charge is 0.321 e. The maximum absolute atomic E-state index is 12.6. The van der Waals surface area contributed by atoms with E-state index in [0.29, 0.717) is 18.8 Å². The number of nitrogens with zero attached hydrogens (tertiary/aromatic N) is 2. The lowest BCUT2D eigenvalue weighted by atomic mass is 10.2. The van der Waals surface area contributed by atoms with Crippen LogP contribution < -0.4 is 5.32 Å². The average Bonchev–Trinajstić information content (AvgIpc) is 2.65. The normalized spacial score (nSPS) is 15.6. The molecule has 1 aromatic heterocycles. The quantitative estimate of drug-likeness (QED) is 0.772. The van der Waals surface area contributed by atoms with Gasteiger partial charge in [-0.25, -0.2) is 13.4 Å². The van der Waals surface area contributed by atoms with Crippen LogP contribution in [0.15, 0.2) is 41.3 Å². The van der Waals surface area contributed by atoms with Crippen molar-refractivity contribution >= 4 is 44.8 Å². The second kappa shape index (κ2) is 7.92. The number of carbonyl (C=O) groups is 1. The fraction of sp³-hybridized carbons (Fsp3) is 0.294. The van der Waals surface area contributed by atoms with E-state index in [1.54, 1.807) is 0 Å². The molecule has 26 heavy (non-hydrogen) atoms. The molecule has 3 rings (SSSR count). The van der Waals surface area contributed by atoms with Gasteiger partial charge in [0.1, 0.15) is 10.8 Å². The smallest absolute Gasteiger partial charge is 0.275 e. The summed E-state index contributed by atoms with van der Waals surface area (Å²) in [5.74, 6) is -0.524. The number of rotatable bonds is 4. The van der Waals surface area contributed by atoms with Crippen molar-refractivity contribution in [2.45, 2.75) is 24.2 Å². The second-order valence-corrected chi connectivity index (χ2v) is 8.64. The summed E-state index contributed by atoms with van der Waals surface area (Å²) >= 11 is 11.7. The molecule has 1 amide bonds. The van der Waals surface area contributed by atoms with E-state index in [2.05, 4.69) is 10.3 Å². The fourth-order valence-electron chi connectivity index (χ4n) is 2.73. The first-order valence-electron chi connectivity index (χ1n) is 8.11. The molecule has 2 aromatic rings. The molecule has 0 bridgehead atoms. The van der Waals surface area contributed by atoms with Gasteiger partial charge in [-0.15, -0.1) is 0 Å². The lowest BCUT2D eigenvalue weighted by Gasteiger charge is -2.25. The van der Waals surface area contributed by atoms with E-state index in [4.69, 9.17) is 23.2 Å². The maximum atomic E-state index is 12.6. The monoisotopic (exact) mass is 413 g/mol. The van der Waals surface area contributed by atoms with Crippen LogP contribution in [0.4, 0.5) is 5.69 Å². The Morgan fingerprint density at radius 1 is 1.00 bits per heavy atom. The molecule has 6 nitrogen and oxygen atoms in total. The van der Waals surface area contributed by atoms with Gasteiger partial charge in [-0.05, 0) is 49.2 Å². The third-order valence-corrected chi connectivity index (χ3v) is 6.52. The van der Waals surface area contributed by atoms with E-state index in [-0.39, 0.29) is 20.8 Å². The number of aromatic nitrogens is 1. The highest BCUT2D eigenvalue weighted by atomic mass is 35.5. The number of piperidine rings is 1. The minimum Gasteiger partial charge on any atom is -0.321 e. The van der Waals surface area contributed by atoms with Crippen LogP contribution in [0.2, 0.25) is 10.2 Å². The number of anilines is 1. The van der Waals surface area contributed by atoms with Gasteiger partial charge >= 0.3 is 0 Å². The van der Waals surface area contributed by atoms with Crippen molar-refractivity contribution < 1.29 is 13.2 Å². The number of pyridine rings is 1. The van der Waals surface area contributed by atoms with Crippen LogP contribution in [0.25, 0.3) is 0 Å². The van der Waals surface area contributed by atoms with Crippen molar-refractivity contribution in [3.8, 4) is 0 Å². The van der Waals surface area contributed by atoms with Crippen molar-refractivity contribution in [2.75, 3.05) is 18.4 Å². The highest BCUT2D eigenvalue weighted by Gasteiger charge is 2.25. The summed E-state index contributed by atoms with van der Waals surface area (Å²) in [5, 5.41) is 2.96. The molecule has 138 valence electrons. The molecule has 1 saturated heterocycles. The van der Waals surface area contributed by atoms with E-state index in [1.807, 2.05) is 0 Å². The number of hydrogen-bond donors (Lipinski definition) is 1. The second-order valence-electron chi connectivity index (χ2n) is 5.91. The SMILES string of the molecule is O=C(Nc1ccc(S(=O)(=O)N2CCCCC2)cc1)c1nc(Cl)ccc1Cl. The van der Waals surface area contributed by atoms with Crippen molar-refractivity contribution in [1.82, 2.24) is 9.29 Å². The van der Waals surface area contributed by atoms with E-state index in [0.717, 1.165) is 19.3 Å². The van der Waals surface area contributed by atoms with Crippen molar-refractivity contribution in [3.63, 3.8) is 0 Å². The molecule has 0 aliphatic carbocycles. The Kier molecular flexibility index (Phi) is 5.82. The Hall–Kier alpha value is -1.67. The van der Waals surface area contributed by atoms with Gasteiger partial charge in [-0.2, -0.15) is 4.31 Å². The van der Waals surface area contributed by atoms with Crippen LogP contribution in [-0.4, -0.2) is 36.7 Å². The standard InChI is InChI=1S/C17H17Cl2N3O3S/c18-14-8-9-15(19)21-16(14)17(23)20-12-4-6-13(7-5-12)26(24,25)22-10-2-1-3-11-22/h4-9H,1-3,10-11H2,(H,20,23). The molecule has 1 aliphatic heterocycles. The first-order valence-corrected chi connectivity index (χ1v) is 10.3. The van der Waals surface area contributed by atoms with Gasteiger partial charge in [-0.1, -0.05) is 29.6 Å². The van der Waals surface area contributed by atoms with Gasteiger partial charge in [0.2, 0.25) is 10.0 Å². The summed E-state index contributed by atoms with van der Waals surface area (Å²) in [6.07, 6.45) is 2.80. The van der Waals surface area contributed by atoms with Gasteiger partial charge in [0.15, 0.2) is 0 Å². The Morgan fingerprint density at radius 2 is 1.65 bits per heavy atom. The molecule has 0 unspecified atom stereocenters. The topological polar surface area (TPSA) is 79.4 Å². The van der Waals surface area contributed by atoms with Crippen LogP contribution in [0.3, 0.4) is 0 Å². The highest BCUT2D eigenvalue weighted by molar-refractivity contribution is 7.89. The van der Waals surface area contributed by atoms with E-state index in [1.165, 1.54) is 40.7 Å². The highest BCUT2D eigenvalue weighted by Crippen LogP contribution is 2.23. The molecule has 0 atom stereocenters. The van der Waals surface area contributed by atoms with Crippen LogP contribution in [-0.2, 0) is 10.0 Å². The Bertz CT molecular complexity index is 911. The minimum atomic E-state index is -3.50. The molecular weight excluding hydrogens is 397 g/mol. The third kappa shape index (κ3) is 4.17. The molecule has 1 aliphatic rings. The average molecular weight is 414 g/mol. The lowest BCUT2D eigenvalue weighted by Crippen LogP contribution is -2.35. The predicted octanol–water partition coefficient (Wildman–Crippen LogP) is 3.82. The predicted molar refractivity (Wildman–Crippen MR) is 101 cm³/mol. The summed E-state index contributed by atoms with van der Waals surface area (Å²) in [4.78, 5) is 16.4.